The fourth-order valence-corrected chi connectivity index (χ4v) is 4.60. The van der Waals surface area contributed by atoms with E-state index in [2.05, 4.69) is 32.4 Å². The highest BCUT2D eigenvalue weighted by molar-refractivity contribution is 7.98. The molecule has 1 aliphatic rings. The van der Waals surface area contributed by atoms with Gasteiger partial charge in [0, 0.05) is 31.2 Å². The second-order valence-electron chi connectivity index (χ2n) is 7.70. The Morgan fingerprint density at radius 3 is 2.53 bits per heavy atom. The molecule has 2 aromatic carbocycles. The zero-order valence-electron chi connectivity index (χ0n) is 17.7. The third kappa shape index (κ3) is 4.13. The van der Waals surface area contributed by atoms with Crippen LogP contribution in [0.1, 0.15) is 32.9 Å². The summed E-state index contributed by atoms with van der Waals surface area (Å²) in [5.41, 5.74) is 5.65. The topological polar surface area (TPSA) is 76.8 Å². The van der Waals surface area contributed by atoms with Crippen molar-refractivity contribution in [2.75, 3.05) is 6.54 Å². The van der Waals surface area contributed by atoms with E-state index in [1.807, 2.05) is 48.2 Å². The van der Waals surface area contributed by atoms with Crippen molar-refractivity contribution in [3.05, 3.63) is 95.1 Å². The van der Waals surface area contributed by atoms with Crippen molar-refractivity contribution in [1.29, 1.82) is 0 Å². The minimum atomic E-state index is -0.0950. The van der Waals surface area contributed by atoms with E-state index >= 15 is 0 Å². The standard InChI is InChI=1S/C24H22N6OS/c1-17-7-9-20(10-8-17)30-21(16-32-24-25-12-4-13-26-24)22(27-28-30)23(31)29-14-11-18-5-2-3-6-19(18)15-29/h2-10,12-13H,11,14-16H2,1H3. The van der Waals surface area contributed by atoms with Crippen LogP contribution in [0.2, 0.25) is 0 Å². The van der Waals surface area contributed by atoms with Crippen LogP contribution in [-0.2, 0) is 18.7 Å². The lowest BCUT2D eigenvalue weighted by molar-refractivity contribution is 0.0727. The molecule has 0 unspecified atom stereocenters. The van der Waals surface area contributed by atoms with E-state index in [1.54, 1.807) is 23.1 Å². The highest BCUT2D eigenvalue weighted by Gasteiger charge is 2.28. The number of amides is 1. The van der Waals surface area contributed by atoms with Gasteiger partial charge in [-0.05, 0) is 42.7 Å². The molecule has 3 heterocycles. The monoisotopic (exact) mass is 442 g/mol. The summed E-state index contributed by atoms with van der Waals surface area (Å²) in [6.07, 6.45) is 4.26. The fraction of sp³-hybridized carbons (Fsp3) is 0.208. The first-order valence-electron chi connectivity index (χ1n) is 10.5. The normalized spacial score (nSPS) is 13.1. The van der Waals surface area contributed by atoms with Gasteiger partial charge >= 0.3 is 0 Å². The maximum atomic E-state index is 13.5. The molecule has 0 saturated carbocycles. The van der Waals surface area contributed by atoms with Gasteiger partial charge < -0.3 is 4.90 Å². The highest BCUT2D eigenvalue weighted by Crippen LogP contribution is 2.26. The minimum absolute atomic E-state index is 0.0950. The molecule has 160 valence electrons. The van der Waals surface area contributed by atoms with Crippen molar-refractivity contribution < 1.29 is 4.79 Å². The number of carbonyl (C=O) groups is 1. The Morgan fingerprint density at radius 1 is 1.00 bits per heavy atom. The van der Waals surface area contributed by atoms with Crippen molar-refractivity contribution in [1.82, 2.24) is 29.9 Å². The molecule has 2 aromatic heterocycles. The number of hydrogen-bond donors (Lipinski definition) is 0. The molecule has 0 N–H and O–H groups in total. The van der Waals surface area contributed by atoms with Gasteiger partial charge in [-0.2, -0.15) is 0 Å². The van der Waals surface area contributed by atoms with Gasteiger partial charge in [-0.25, -0.2) is 14.6 Å². The van der Waals surface area contributed by atoms with Crippen molar-refractivity contribution in [3.63, 3.8) is 0 Å². The van der Waals surface area contributed by atoms with E-state index in [4.69, 9.17) is 0 Å². The van der Waals surface area contributed by atoms with Crippen molar-refractivity contribution in [2.45, 2.75) is 30.8 Å². The molecule has 0 aliphatic carbocycles. The van der Waals surface area contributed by atoms with Crippen LogP contribution in [0, 0.1) is 6.92 Å². The van der Waals surface area contributed by atoms with E-state index in [9.17, 15) is 4.79 Å². The van der Waals surface area contributed by atoms with Crippen LogP contribution in [0.15, 0.2) is 72.1 Å². The highest BCUT2D eigenvalue weighted by atomic mass is 32.2. The van der Waals surface area contributed by atoms with Crippen LogP contribution < -0.4 is 0 Å². The van der Waals surface area contributed by atoms with Gasteiger partial charge in [0.1, 0.15) is 0 Å². The van der Waals surface area contributed by atoms with E-state index in [0.717, 1.165) is 23.4 Å². The van der Waals surface area contributed by atoms with Gasteiger partial charge in [0.25, 0.3) is 5.91 Å². The Balaban J connectivity index is 1.47. The Kier molecular flexibility index (Phi) is 5.68. The summed E-state index contributed by atoms with van der Waals surface area (Å²) in [5.74, 6) is 0.388. The van der Waals surface area contributed by atoms with Crippen LogP contribution in [-0.4, -0.2) is 42.3 Å². The predicted molar refractivity (Wildman–Crippen MR) is 123 cm³/mol. The lowest BCUT2D eigenvalue weighted by atomic mass is 9.99. The van der Waals surface area contributed by atoms with Crippen LogP contribution in [0.25, 0.3) is 5.69 Å². The maximum absolute atomic E-state index is 13.5. The third-order valence-corrected chi connectivity index (χ3v) is 6.43. The number of carbonyl (C=O) groups excluding carboxylic acids is 1. The molecule has 1 aliphatic heterocycles. The third-order valence-electron chi connectivity index (χ3n) is 5.54. The molecule has 8 heteroatoms. The van der Waals surface area contributed by atoms with Gasteiger partial charge in [-0.1, -0.05) is 58.9 Å². The summed E-state index contributed by atoms with van der Waals surface area (Å²) in [4.78, 5) is 23.9. The molecule has 0 fully saturated rings. The average molecular weight is 443 g/mol. The lowest BCUT2D eigenvalue weighted by Gasteiger charge is -2.28. The Bertz CT molecular complexity index is 1240. The maximum Gasteiger partial charge on any atom is 0.276 e. The van der Waals surface area contributed by atoms with Crippen molar-refractivity contribution in [2.24, 2.45) is 0 Å². The molecular weight excluding hydrogens is 420 g/mol. The van der Waals surface area contributed by atoms with Crippen LogP contribution in [0.3, 0.4) is 0 Å². The molecule has 32 heavy (non-hydrogen) atoms. The molecule has 1 amide bonds. The summed E-state index contributed by atoms with van der Waals surface area (Å²) < 4.78 is 1.75. The van der Waals surface area contributed by atoms with E-state index in [0.29, 0.717) is 29.7 Å². The summed E-state index contributed by atoms with van der Waals surface area (Å²) in [5, 5.41) is 9.33. The van der Waals surface area contributed by atoms with Crippen LogP contribution >= 0.6 is 11.8 Å². The Labute approximate surface area is 190 Å². The number of aromatic nitrogens is 5. The van der Waals surface area contributed by atoms with E-state index in [1.165, 1.54) is 22.9 Å². The number of thioether (sulfide) groups is 1. The van der Waals surface area contributed by atoms with Gasteiger partial charge in [-0.15, -0.1) is 5.10 Å². The number of fused-ring (bicyclic) bond motifs is 1. The van der Waals surface area contributed by atoms with E-state index < -0.39 is 0 Å². The molecule has 5 rings (SSSR count). The quantitative estimate of drug-likeness (QED) is 0.345. The van der Waals surface area contributed by atoms with E-state index in [-0.39, 0.29) is 5.91 Å². The molecule has 7 nitrogen and oxygen atoms in total. The first-order chi connectivity index (χ1) is 15.7. The molecule has 0 atom stereocenters. The van der Waals surface area contributed by atoms with Gasteiger partial charge in [0.15, 0.2) is 10.9 Å². The number of benzene rings is 2. The number of nitrogens with zero attached hydrogens (tertiary/aromatic N) is 6. The number of aryl methyl sites for hydroxylation is 1. The summed E-state index contributed by atoms with van der Waals surface area (Å²) in [6, 6.07) is 18.1. The SMILES string of the molecule is Cc1ccc(-n2nnc(C(=O)N3CCc4ccccc4C3)c2CSc2ncccn2)cc1. The van der Waals surface area contributed by atoms with Crippen LogP contribution in [0.5, 0.6) is 0 Å². The minimum Gasteiger partial charge on any atom is -0.333 e. The summed E-state index contributed by atoms with van der Waals surface area (Å²) >= 11 is 1.46. The first-order valence-corrected chi connectivity index (χ1v) is 11.4. The van der Waals surface area contributed by atoms with Gasteiger partial charge in [0.2, 0.25) is 0 Å². The van der Waals surface area contributed by atoms with Gasteiger partial charge in [0.05, 0.1) is 11.4 Å². The Morgan fingerprint density at radius 2 is 1.75 bits per heavy atom. The first kappa shape index (κ1) is 20.4. The zero-order chi connectivity index (χ0) is 21.9. The van der Waals surface area contributed by atoms with Crippen molar-refractivity contribution >= 4 is 17.7 Å². The average Bonchev–Trinajstić information content (AvgIpc) is 3.27. The summed E-state index contributed by atoms with van der Waals surface area (Å²) in [7, 11) is 0. The van der Waals surface area contributed by atoms with Crippen LogP contribution in [0.4, 0.5) is 0 Å². The Hall–Kier alpha value is -3.52. The second kappa shape index (κ2) is 8.92. The largest absolute Gasteiger partial charge is 0.333 e. The number of hydrogen-bond acceptors (Lipinski definition) is 6. The van der Waals surface area contributed by atoms with Gasteiger partial charge in [-0.3, -0.25) is 4.79 Å². The number of rotatable bonds is 5. The zero-order valence-corrected chi connectivity index (χ0v) is 18.5. The molecule has 0 radical (unpaired) electrons. The second-order valence-corrected chi connectivity index (χ2v) is 8.64. The lowest BCUT2D eigenvalue weighted by Crippen LogP contribution is -2.36. The molecule has 0 saturated heterocycles. The smallest absolute Gasteiger partial charge is 0.276 e. The molecule has 0 bridgehead atoms. The van der Waals surface area contributed by atoms with Crippen molar-refractivity contribution in [3.8, 4) is 5.69 Å². The molecule has 4 aromatic rings. The molecule has 0 spiro atoms. The summed E-state index contributed by atoms with van der Waals surface area (Å²) in [6.45, 7) is 3.29. The molecular formula is C24H22N6OS. The predicted octanol–water partition coefficient (Wildman–Crippen LogP) is 3.86. The fourth-order valence-electron chi connectivity index (χ4n) is 3.80.